The zero-order valence-electron chi connectivity index (χ0n) is 13.6. The second-order valence-corrected chi connectivity index (χ2v) is 6.27. The van der Waals surface area contributed by atoms with Crippen LogP contribution in [0.15, 0.2) is 79.1 Å². The van der Waals surface area contributed by atoms with Gasteiger partial charge >= 0.3 is 0 Å². The number of thiocarbonyl (C=S) groups is 1. The SMILES string of the molecule is O/C(=C(\C(=S)Nc1ccccc1F)[n+]1ccccc1)c1ccc(Cl)cc1. The van der Waals surface area contributed by atoms with Crippen LogP contribution in [0.25, 0.3) is 11.5 Å². The fourth-order valence-corrected chi connectivity index (χ4v) is 2.82. The second-order valence-electron chi connectivity index (χ2n) is 5.42. The van der Waals surface area contributed by atoms with E-state index in [1.54, 1.807) is 71.6 Å². The van der Waals surface area contributed by atoms with Crippen LogP contribution in [0.2, 0.25) is 5.02 Å². The molecule has 0 unspecified atom stereocenters. The van der Waals surface area contributed by atoms with E-state index >= 15 is 0 Å². The van der Waals surface area contributed by atoms with Crippen LogP contribution in [0, 0.1) is 5.82 Å². The predicted molar refractivity (Wildman–Crippen MR) is 106 cm³/mol. The van der Waals surface area contributed by atoms with E-state index in [2.05, 4.69) is 5.32 Å². The van der Waals surface area contributed by atoms with E-state index in [0.717, 1.165) is 0 Å². The van der Waals surface area contributed by atoms with Crippen molar-refractivity contribution in [1.82, 2.24) is 0 Å². The van der Waals surface area contributed by atoms with E-state index in [9.17, 15) is 9.50 Å². The molecule has 0 aliphatic carbocycles. The fraction of sp³-hybridized carbons (Fsp3) is 0. The largest absolute Gasteiger partial charge is 0.502 e. The van der Waals surface area contributed by atoms with Gasteiger partial charge in [0.2, 0.25) is 0 Å². The van der Waals surface area contributed by atoms with Crippen LogP contribution in [0.3, 0.4) is 0 Å². The average Bonchev–Trinajstić information content (AvgIpc) is 2.65. The molecule has 0 amide bonds. The van der Waals surface area contributed by atoms with Gasteiger partial charge in [0.25, 0.3) is 5.70 Å². The number of hydrogen-bond acceptors (Lipinski definition) is 2. The smallest absolute Gasteiger partial charge is 0.288 e. The zero-order valence-corrected chi connectivity index (χ0v) is 15.1. The van der Waals surface area contributed by atoms with Crippen molar-refractivity contribution < 1.29 is 14.1 Å². The monoisotopic (exact) mass is 385 g/mol. The number of aliphatic hydroxyl groups excluding tert-OH is 1. The fourth-order valence-electron chi connectivity index (χ4n) is 2.38. The third-order valence-electron chi connectivity index (χ3n) is 3.65. The molecular weight excluding hydrogens is 371 g/mol. The molecule has 6 heteroatoms. The maximum atomic E-state index is 14.0. The lowest BCUT2D eigenvalue weighted by atomic mass is 10.1. The number of aromatic nitrogens is 1. The minimum Gasteiger partial charge on any atom is -0.502 e. The highest BCUT2D eigenvalue weighted by Gasteiger charge is 2.24. The number of para-hydroxylation sites is 1. The minimum atomic E-state index is -0.432. The lowest BCUT2D eigenvalue weighted by Crippen LogP contribution is -2.38. The molecule has 3 nitrogen and oxygen atoms in total. The molecule has 2 aromatic carbocycles. The van der Waals surface area contributed by atoms with Crippen LogP contribution in [-0.4, -0.2) is 10.1 Å². The number of halogens is 2. The molecule has 0 spiro atoms. The van der Waals surface area contributed by atoms with Crippen LogP contribution < -0.4 is 9.88 Å². The molecule has 0 saturated carbocycles. The van der Waals surface area contributed by atoms with Gasteiger partial charge in [-0.05, 0) is 36.4 Å². The van der Waals surface area contributed by atoms with Gasteiger partial charge in [-0.25, -0.2) is 4.39 Å². The summed E-state index contributed by atoms with van der Waals surface area (Å²) in [6.07, 6.45) is 3.49. The molecule has 2 N–H and O–H groups in total. The van der Waals surface area contributed by atoms with Gasteiger partial charge in [-0.3, -0.25) is 0 Å². The van der Waals surface area contributed by atoms with Crippen LogP contribution >= 0.6 is 23.8 Å². The van der Waals surface area contributed by atoms with Crippen LogP contribution in [0.1, 0.15) is 5.56 Å². The predicted octanol–water partition coefficient (Wildman–Crippen LogP) is 5.09. The molecule has 3 aromatic rings. The summed E-state index contributed by atoms with van der Waals surface area (Å²) in [6, 6.07) is 18.4. The summed E-state index contributed by atoms with van der Waals surface area (Å²) in [4.78, 5) is 0.179. The van der Waals surface area contributed by atoms with Crippen LogP contribution in [0.4, 0.5) is 10.1 Å². The molecule has 0 bridgehead atoms. The highest BCUT2D eigenvalue weighted by atomic mass is 35.5. The first-order valence-electron chi connectivity index (χ1n) is 7.78. The van der Waals surface area contributed by atoms with Crippen molar-refractivity contribution in [3.05, 3.63) is 95.5 Å². The summed E-state index contributed by atoms with van der Waals surface area (Å²) < 4.78 is 15.6. The van der Waals surface area contributed by atoms with Gasteiger partial charge in [0.1, 0.15) is 5.82 Å². The Bertz CT molecular complexity index is 959. The summed E-state index contributed by atoms with van der Waals surface area (Å²) in [5.74, 6) is -0.482. The molecule has 0 aliphatic heterocycles. The van der Waals surface area contributed by atoms with E-state index in [4.69, 9.17) is 23.8 Å². The van der Waals surface area contributed by atoms with Crippen LogP contribution in [-0.2, 0) is 0 Å². The van der Waals surface area contributed by atoms with Gasteiger partial charge in [-0.2, -0.15) is 4.57 Å². The molecule has 1 aromatic heterocycles. The molecule has 130 valence electrons. The standard InChI is InChI=1S/C20H14ClFN2OS/c21-15-10-8-14(9-11-15)19(25)18(24-12-4-1-5-13-24)20(26)23-17-7-3-2-6-16(17)22/h1-13H,(H-,23,25,26)/p+1. The number of nitrogens with one attached hydrogen (secondary N) is 1. The number of anilines is 1. The molecular formula is C20H15ClFN2OS+. The first-order valence-corrected chi connectivity index (χ1v) is 8.56. The van der Waals surface area contributed by atoms with Gasteiger partial charge in [0.05, 0.1) is 5.69 Å². The molecule has 0 fully saturated rings. The van der Waals surface area contributed by atoms with E-state index in [1.807, 2.05) is 6.07 Å². The third-order valence-corrected chi connectivity index (χ3v) is 4.20. The maximum Gasteiger partial charge on any atom is 0.288 e. The first-order chi connectivity index (χ1) is 12.6. The van der Waals surface area contributed by atoms with Crippen molar-refractivity contribution in [2.24, 2.45) is 0 Å². The zero-order chi connectivity index (χ0) is 18.5. The second kappa shape index (κ2) is 8.08. The minimum absolute atomic E-state index is 0.0493. The molecule has 0 saturated heterocycles. The molecule has 0 radical (unpaired) electrons. The Morgan fingerprint density at radius 1 is 0.962 bits per heavy atom. The number of nitrogens with zero attached hydrogens (tertiary/aromatic N) is 1. The number of pyridine rings is 1. The van der Waals surface area contributed by atoms with E-state index in [1.165, 1.54) is 6.07 Å². The highest BCUT2D eigenvalue weighted by molar-refractivity contribution is 7.81. The lowest BCUT2D eigenvalue weighted by molar-refractivity contribution is -0.575. The summed E-state index contributed by atoms with van der Waals surface area (Å²) in [5, 5.41) is 14.3. The molecule has 0 atom stereocenters. The normalized spacial score (nSPS) is 11.6. The lowest BCUT2D eigenvalue weighted by Gasteiger charge is -2.10. The number of rotatable bonds is 4. The van der Waals surface area contributed by atoms with Gasteiger partial charge in [-0.15, -0.1) is 0 Å². The van der Waals surface area contributed by atoms with E-state index in [0.29, 0.717) is 16.3 Å². The quantitative estimate of drug-likeness (QED) is 0.284. The third kappa shape index (κ3) is 4.07. The first kappa shape index (κ1) is 18.0. The molecule has 1 heterocycles. The Hall–Kier alpha value is -2.76. The van der Waals surface area contributed by atoms with Gasteiger partial charge in [-0.1, -0.05) is 42.0 Å². The Kier molecular flexibility index (Phi) is 5.61. The van der Waals surface area contributed by atoms with Crippen molar-refractivity contribution in [1.29, 1.82) is 0 Å². The summed E-state index contributed by atoms with van der Waals surface area (Å²) in [5.41, 5.74) is 1.10. The number of hydrogen-bond donors (Lipinski definition) is 2. The van der Waals surface area contributed by atoms with Gasteiger partial charge < -0.3 is 10.4 Å². The maximum absolute atomic E-state index is 14.0. The number of aliphatic hydroxyl groups is 1. The van der Waals surface area contributed by atoms with E-state index in [-0.39, 0.29) is 16.4 Å². The summed E-state index contributed by atoms with van der Waals surface area (Å²) >= 11 is 11.4. The Labute approximate surface area is 161 Å². The molecule has 0 aliphatic rings. The Balaban J connectivity index is 2.06. The van der Waals surface area contributed by atoms with Crippen molar-refractivity contribution >= 4 is 46.0 Å². The van der Waals surface area contributed by atoms with Crippen LogP contribution in [0.5, 0.6) is 0 Å². The highest BCUT2D eigenvalue weighted by Crippen LogP contribution is 2.21. The van der Waals surface area contributed by atoms with Crippen molar-refractivity contribution in [3.63, 3.8) is 0 Å². The topological polar surface area (TPSA) is 36.1 Å². The van der Waals surface area contributed by atoms with Crippen molar-refractivity contribution in [2.75, 3.05) is 5.32 Å². The van der Waals surface area contributed by atoms with Gasteiger partial charge in [0, 0.05) is 22.7 Å². The van der Waals surface area contributed by atoms with E-state index < -0.39 is 5.82 Å². The molecule has 3 rings (SSSR count). The average molecular weight is 386 g/mol. The molecule has 26 heavy (non-hydrogen) atoms. The van der Waals surface area contributed by atoms with Gasteiger partial charge in [0.15, 0.2) is 23.1 Å². The van der Waals surface area contributed by atoms with Crippen molar-refractivity contribution in [2.45, 2.75) is 0 Å². The Morgan fingerprint density at radius 2 is 1.62 bits per heavy atom. The van der Waals surface area contributed by atoms with Crippen molar-refractivity contribution in [3.8, 4) is 0 Å². The summed E-state index contributed by atoms with van der Waals surface area (Å²) in [6.45, 7) is 0. The Morgan fingerprint density at radius 3 is 2.27 bits per heavy atom. The summed E-state index contributed by atoms with van der Waals surface area (Å²) in [7, 11) is 0. The number of benzene rings is 2.